The van der Waals surface area contributed by atoms with Crippen LogP contribution in [0.2, 0.25) is 0 Å². The van der Waals surface area contributed by atoms with Gasteiger partial charge in [-0.1, -0.05) is 70.7 Å². The summed E-state index contributed by atoms with van der Waals surface area (Å²) in [5.41, 5.74) is 1.22. The summed E-state index contributed by atoms with van der Waals surface area (Å²) in [7, 11) is 0. The van der Waals surface area contributed by atoms with Crippen molar-refractivity contribution >= 4 is 55.0 Å². The van der Waals surface area contributed by atoms with E-state index in [2.05, 4.69) is 42.5 Å². The van der Waals surface area contributed by atoms with Crippen LogP contribution in [0.3, 0.4) is 0 Å². The summed E-state index contributed by atoms with van der Waals surface area (Å²) in [6.07, 6.45) is 3.37. The SMILES string of the molecule is CCC[C@@H](Br)C(=O)Nc1ccccc1NC(=O)[C@H](Br)CCC. The molecule has 0 aliphatic heterocycles. The molecule has 2 amide bonds. The molecule has 22 heavy (non-hydrogen) atoms. The molecule has 0 aromatic heterocycles. The standard InChI is InChI=1S/C16H22Br2N2O2/c1-3-7-11(17)15(21)19-13-9-5-6-10-14(13)20-16(22)12(18)8-4-2/h5-6,9-12H,3-4,7-8H2,1-2H3,(H,19,21)(H,20,22)/t11-,12-/m1/s1. The van der Waals surface area contributed by atoms with Gasteiger partial charge in [0.15, 0.2) is 0 Å². The van der Waals surface area contributed by atoms with Gasteiger partial charge in [0.05, 0.1) is 21.0 Å². The molecule has 1 rings (SSSR count). The number of anilines is 2. The van der Waals surface area contributed by atoms with E-state index in [1.165, 1.54) is 0 Å². The van der Waals surface area contributed by atoms with Crippen LogP contribution in [0.1, 0.15) is 39.5 Å². The van der Waals surface area contributed by atoms with Crippen LogP contribution < -0.4 is 10.6 Å². The molecule has 6 heteroatoms. The number of hydrogen-bond donors (Lipinski definition) is 2. The number of para-hydroxylation sites is 2. The zero-order valence-electron chi connectivity index (χ0n) is 12.9. The second-order valence-electron chi connectivity index (χ2n) is 5.04. The maximum Gasteiger partial charge on any atom is 0.238 e. The molecule has 122 valence electrons. The summed E-state index contributed by atoms with van der Waals surface area (Å²) in [6, 6.07) is 7.21. The van der Waals surface area contributed by atoms with Gasteiger partial charge in [-0.2, -0.15) is 0 Å². The lowest BCUT2D eigenvalue weighted by atomic mass is 10.2. The zero-order valence-corrected chi connectivity index (χ0v) is 16.0. The van der Waals surface area contributed by atoms with Crippen molar-refractivity contribution in [1.82, 2.24) is 0 Å². The fraction of sp³-hybridized carbons (Fsp3) is 0.500. The van der Waals surface area contributed by atoms with Gasteiger partial charge in [-0.25, -0.2) is 0 Å². The highest BCUT2D eigenvalue weighted by Gasteiger charge is 2.18. The lowest BCUT2D eigenvalue weighted by Gasteiger charge is -2.15. The van der Waals surface area contributed by atoms with Crippen molar-refractivity contribution < 1.29 is 9.59 Å². The van der Waals surface area contributed by atoms with Gasteiger partial charge in [-0.05, 0) is 25.0 Å². The molecule has 0 aliphatic carbocycles. The number of nitrogens with one attached hydrogen (secondary N) is 2. The first kappa shape index (κ1) is 19.2. The average molecular weight is 434 g/mol. The fourth-order valence-electron chi connectivity index (χ4n) is 1.89. The third-order valence-electron chi connectivity index (χ3n) is 3.10. The summed E-state index contributed by atoms with van der Waals surface area (Å²) in [5, 5.41) is 5.71. The Labute approximate surface area is 148 Å². The first-order valence-electron chi connectivity index (χ1n) is 7.48. The number of benzene rings is 1. The van der Waals surface area contributed by atoms with E-state index in [-0.39, 0.29) is 21.5 Å². The van der Waals surface area contributed by atoms with Crippen molar-refractivity contribution in [3.05, 3.63) is 24.3 Å². The van der Waals surface area contributed by atoms with Crippen LogP contribution in [-0.4, -0.2) is 21.5 Å². The summed E-state index contributed by atoms with van der Waals surface area (Å²) in [6.45, 7) is 4.05. The van der Waals surface area contributed by atoms with Crippen molar-refractivity contribution in [1.29, 1.82) is 0 Å². The van der Waals surface area contributed by atoms with E-state index in [1.54, 1.807) is 12.1 Å². The molecule has 2 N–H and O–H groups in total. The van der Waals surface area contributed by atoms with Crippen LogP contribution in [-0.2, 0) is 9.59 Å². The Balaban J connectivity index is 2.77. The number of hydrogen-bond acceptors (Lipinski definition) is 2. The molecule has 0 heterocycles. The molecule has 1 aromatic rings. The molecule has 2 atom stereocenters. The maximum atomic E-state index is 12.1. The summed E-state index contributed by atoms with van der Waals surface area (Å²) in [5.74, 6) is -0.208. The largest absolute Gasteiger partial charge is 0.323 e. The van der Waals surface area contributed by atoms with E-state index < -0.39 is 0 Å². The number of carbonyl (C=O) groups is 2. The highest BCUT2D eigenvalue weighted by molar-refractivity contribution is 9.10. The third-order valence-corrected chi connectivity index (χ3v) is 4.84. The predicted octanol–water partition coefficient (Wildman–Crippen LogP) is 4.69. The van der Waals surface area contributed by atoms with Gasteiger partial charge in [-0.15, -0.1) is 0 Å². The second kappa shape index (κ2) is 10.0. The molecule has 0 fully saturated rings. The monoisotopic (exact) mass is 432 g/mol. The van der Waals surface area contributed by atoms with Crippen molar-refractivity contribution in [2.24, 2.45) is 0 Å². The first-order chi connectivity index (χ1) is 10.5. The van der Waals surface area contributed by atoms with Gasteiger partial charge >= 0.3 is 0 Å². The van der Waals surface area contributed by atoms with Crippen LogP contribution in [0.25, 0.3) is 0 Å². The Kier molecular flexibility index (Phi) is 8.71. The normalized spacial score (nSPS) is 13.3. The van der Waals surface area contributed by atoms with Crippen LogP contribution >= 0.6 is 31.9 Å². The van der Waals surface area contributed by atoms with Crippen LogP contribution in [0.5, 0.6) is 0 Å². The van der Waals surface area contributed by atoms with E-state index in [9.17, 15) is 9.59 Å². The second-order valence-corrected chi connectivity index (χ2v) is 7.25. The number of halogens is 2. The number of amides is 2. The van der Waals surface area contributed by atoms with Gasteiger partial charge in [0, 0.05) is 0 Å². The molecule has 0 radical (unpaired) electrons. The summed E-state index contributed by atoms with van der Waals surface area (Å²) < 4.78 is 0. The lowest BCUT2D eigenvalue weighted by Crippen LogP contribution is -2.26. The molecule has 0 saturated heterocycles. The van der Waals surface area contributed by atoms with Crippen LogP contribution in [0, 0.1) is 0 Å². The summed E-state index contributed by atoms with van der Waals surface area (Å²) >= 11 is 6.75. The molecular weight excluding hydrogens is 412 g/mol. The van der Waals surface area contributed by atoms with Gasteiger partial charge in [0.1, 0.15) is 0 Å². The first-order valence-corrected chi connectivity index (χ1v) is 9.31. The Bertz CT molecular complexity index is 464. The number of carbonyl (C=O) groups excluding carboxylic acids is 2. The Hall–Kier alpha value is -0.880. The van der Waals surface area contributed by atoms with Crippen LogP contribution in [0.4, 0.5) is 11.4 Å². The highest BCUT2D eigenvalue weighted by Crippen LogP contribution is 2.23. The van der Waals surface area contributed by atoms with E-state index in [4.69, 9.17) is 0 Å². The van der Waals surface area contributed by atoms with E-state index in [0.717, 1.165) is 25.7 Å². The molecule has 0 unspecified atom stereocenters. The van der Waals surface area contributed by atoms with E-state index in [0.29, 0.717) is 11.4 Å². The fourth-order valence-corrected chi connectivity index (χ4v) is 3.04. The average Bonchev–Trinajstić information content (AvgIpc) is 2.49. The van der Waals surface area contributed by atoms with Crippen molar-refractivity contribution in [3.63, 3.8) is 0 Å². The van der Waals surface area contributed by atoms with Crippen LogP contribution in [0.15, 0.2) is 24.3 Å². The quantitative estimate of drug-likeness (QED) is 0.584. The maximum absolute atomic E-state index is 12.1. The minimum atomic E-state index is -0.231. The summed E-state index contributed by atoms with van der Waals surface area (Å²) in [4.78, 5) is 23.7. The molecule has 0 spiro atoms. The Morgan fingerprint density at radius 3 is 1.59 bits per heavy atom. The minimum absolute atomic E-state index is 0.104. The molecule has 0 bridgehead atoms. The van der Waals surface area contributed by atoms with Gasteiger partial charge in [0.25, 0.3) is 0 Å². The Morgan fingerprint density at radius 1 is 0.909 bits per heavy atom. The molecule has 0 saturated carbocycles. The Morgan fingerprint density at radius 2 is 1.27 bits per heavy atom. The van der Waals surface area contributed by atoms with Crippen molar-refractivity contribution in [2.75, 3.05) is 10.6 Å². The zero-order chi connectivity index (χ0) is 16.5. The lowest BCUT2D eigenvalue weighted by molar-refractivity contribution is -0.116. The topological polar surface area (TPSA) is 58.2 Å². The third kappa shape index (κ3) is 6.08. The molecule has 0 aliphatic rings. The minimum Gasteiger partial charge on any atom is -0.323 e. The predicted molar refractivity (Wildman–Crippen MR) is 98.9 cm³/mol. The van der Waals surface area contributed by atoms with Gasteiger partial charge in [-0.3, -0.25) is 9.59 Å². The van der Waals surface area contributed by atoms with E-state index in [1.807, 2.05) is 26.0 Å². The van der Waals surface area contributed by atoms with Gasteiger partial charge < -0.3 is 10.6 Å². The molecule has 1 aromatic carbocycles. The van der Waals surface area contributed by atoms with E-state index >= 15 is 0 Å². The number of alkyl halides is 2. The highest BCUT2D eigenvalue weighted by atomic mass is 79.9. The smallest absolute Gasteiger partial charge is 0.238 e. The van der Waals surface area contributed by atoms with Gasteiger partial charge in [0.2, 0.25) is 11.8 Å². The van der Waals surface area contributed by atoms with Crippen molar-refractivity contribution in [2.45, 2.75) is 49.2 Å². The molecule has 4 nitrogen and oxygen atoms in total. The number of rotatable bonds is 8. The van der Waals surface area contributed by atoms with Crippen molar-refractivity contribution in [3.8, 4) is 0 Å². The molecular formula is C16H22Br2N2O2.